The maximum atomic E-state index is 13.0. The molecule has 0 saturated carbocycles. The minimum absolute atomic E-state index is 0.00915. The Kier molecular flexibility index (Phi) is 2.70. The van der Waals surface area contributed by atoms with Crippen molar-refractivity contribution in [1.29, 1.82) is 0 Å². The second-order valence-corrected chi connectivity index (χ2v) is 7.16. The Morgan fingerprint density at radius 2 is 1.17 bits per heavy atom. The van der Waals surface area contributed by atoms with E-state index in [-0.39, 0.29) is 21.3 Å². The minimum Gasteiger partial charge on any atom is -0.508 e. The van der Waals surface area contributed by atoms with Crippen LogP contribution < -0.4 is 0 Å². The van der Waals surface area contributed by atoms with Gasteiger partial charge in [0.2, 0.25) is 9.84 Å². The lowest BCUT2D eigenvalue weighted by atomic mass is 10.2. The van der Waals surface area contributed by atoms with Crippen LogP contribution in [0.2, 0.25) is 0 Å². The molecule has 6 nitrogen and oxygen atoms in total. The number of rotatable bonds is 2. The van der Waals surface area contributed by atoms with Crippen LogP contribution >= 0.6 is 0 Å². The quantitative estimate of drug-likeness (QED) is 0.454. The van der Waals surface area contributed by atoms with E-state index in [2.05, 4.69) is 9.97 Å². The van der Waals surface area contributed by atoms with Crippen molar-refractivity contribution in [3.05, 3.63) is 48.8 Å². The standard InChI is InChI=1S/C16H12N2O4S/c19-9-1-3-13-11(5-9)15(7-17-13)23(21,22)16-8-18-14-4-2-10(20)6-12(14)16/h1-8,17-20H. The second kappa shape index (κ2) is 4.53. The summed E-state index contributed by atoms with van der Waals surface area (Å²) in [6.45, 7) is 0. The largest absolute Gasteiger partial charge is 0.508 e. The Labute approximate surface area is 130 Å². The molecule has 0 amide bonds. The van der Waals surface area contributed by atoms with Crippen LogP contribution in [0.5, 0.6) is 11.5 Å². The summed E-state index contributed by atoms with van der Waals surface area (Å²) >= 11 is 0. The van der Waals surface area contributed by atoms with E-state index in [9.17, 15) is 18.6 Å². The molecule has 2 aromatic carbocycles. The van der Waals surface area contributed by atoms with Gasteiger partial charge in [0.25, 0.3) is 0 Å². The van der Waals surface area contributed by atoms with Crippen molar-refractivity contribution in [1.82, 2.24) is 9.97 Å². The number of aromatic nitrogens is 2. The van der Waals surface area contributed by atoms with Gasteiger partial charge in [-0.15, -0.1) is 0 Å². The molecule has 0 radical (unpaired) electrons. The number of nitrogens with one attached hydrogen (secondary N) is 2. The Hall–Kier alpha value is -2.93. The predicted molar refractivity (Wildman–Crippen MR) is 85.4 cm³/mol. The lowest BCUT2D eigenvalue weighted by Crippen LogP contribution is -2.00. The molecule has 0 aliphatic rings. The lowest BCUT2D eigenvalue weighted by Gasteiger charge is -2.03. The van der Waals surface area contributed by atoms with Crippen LogP contribution in [-0.4, -0.2) is 28.6 Å². The van der Waals surface area contributed by atoms with Crippen molar-refractivity contribution in [3.8, 4) is 11.5 Å². The highest BCUT2D eigenvalue weighted by atomic mass is 32.2. The molecule has 0 aliphatic heterocycles. The van der Waals surface area contributed by atoms with E-state index in [1.807, 2.05) is 0 Å². The van der Waals surface area contributed by atoms with Crippen LogP contribution in [0.1, 0.15) is 0 Å². The molecule has 0 unspecified atom stereocenters. The van der Waals surface area contributed by atoms with Crippen LogP contribution in [0, 0.1) is 0 Å². The monoisotopic (exact) mass is 328 g/mol. The summed E-state index contributed by atoms with van der Waals surface area (Å²) in [5.74, 6) is -0.0183. The van der Waals surface area contributed by atoms with Crippen molar-refractivity contribution in [2.45, 2.75) is 9.79 Å². The normalized spacial score (nSPS) is 12.2. The highest BCUT2D eigenvalue weighted by Crippen LogP contribution is 2.34. The number of phenolic OH excluding ortho intramolecular Hbond substituents is 2. The molecule has 0 atom stereocenters. The summed E-state index contributed by atoms with van der Waals surface area (Å²) in [6.07, 6.45) is 2.81. The number of hydrogen-bond donors (Lipinski definition) is 4. The van der Waals surface area contributed by atoms with E-state index >= 15 is 0 Å². The molecule has 4 aromatic rings. The van der Waals surface area contributed by atoms with Crippen LogP contribution in [0.3, 0.4) is 0 Å². The van der Waals surface area contributed by atoms with Crippen molar-refractivity contribution in [2.24, 2.45) is 0 Å². The predicted octanol–water partition coefficient (Wildman–Crippen LogP) is 2.89. The van der Waals surface area contributed by atoms with Crippen molar-refractivity contribution in [2.75, 3.05) is 0 Å². The molecule has 4 rings (SSSR count). The molecule has 0 spiro atoms. The lowest BCUT2D eigenvalue weighted by molar-refractivity contribution is 0.475. The Morgan fingerprint density at radius 3 is 1.61 bits per heavy atom. The van der Waals surface area contributed by atoms with Gasteiger partial charge >= 0.3 is 0 Å². The number of H-pyrrole nitrogens is 2. The third kappa shape index (κ3) is 1.97. The van der Waals surface area contributed by atoms with E-state index in [0.29, 0.717) is 21.8 Å². The summed E-state index contributed by atoms with van der Waals surface area (Å²) in [6, 6.07) is 9.02. The molecule has 116 valence electrons. The van der Waals surface area contributed by atoms with Crippen LogP contribution in [0.15, 0.2) is 58.6 Å². The molecule has 0 saturated heterocycles. The van der Waals surface area contributed by atoms with E-state index in [0.717, 1.165) is 0 Å². The number of phenols is 2. The third-order valence-corrected chi connectivity index (χ3v) is 5.67. The Balaban J connectivity index is 2.02. The molecule has 0 fully saturated rings. The first-order chi connectivity index (χ1) is 11.0. The van der Waals surface area contributed by atoms with Gasteiger partial charge in [0.15, 0.2) is 0 Å². The summed E-state index contributed by atoms with van der Waals surface area (Å²) in [7, 11) is -3.82. The molecule has 23 heavy (non-hydrogen) atoms. The highest BCUT2D eigenvalue weighted by molar-refractivity contribution is 7.92. The average Bonchev–Trinajstić information content (AvgIpc) is 3.10. The van der Waals surface area contributed by atoms with Gasteiger partial charge in [-0.2, -0.15) is 0 Å². The van der Waals surface area contributed by atoms with Gasteiger partial charge in [-0.3, -0.25) is 0 Å². The van der Waals surface area contributed by atoms with Gasteiger partial charge in [0, 0.05) is 34.2 Å². The van der Waals surface area contributed by atoms with Crippen LogP contribution in [0.4, 0.5) is 0 Å². The highest BCUT2D eigenvalue weighted by Gasteiger charge is 2.25. The molecule has 4 N–H and O–H groups in total. The number of fused-ring (bicyclic) bond motifs is 2. The molecular formula is C16H12N2O4S. The van der Waals surface area contributed by atoms with Gasteiger partial charge in [-0.1, -0.05) is 0 Å². The SMILES string of the molecule is O=S(=O)(c1c[nH]c2ccc(O)cc12)c1c[nH]c2ccc(O)cc12. The molecule has 7 heteroatoms. The molecule has 0 bridgehead atoms. The molecular weight excluding hydrogens is 316 g/mol. The third-order valence-electron chi connectivity index (χ3n) is 3.83. The number of benzene rings is 2. The fourth-order valence-corrected chi connectivity index (χ4v) is 4.31. The van der Waals surface area contributed by atoms with Crippen LogP contribution in [0.25, 0.3) is 21.8 Å². The zero-order valence-electron chi connectivity index (χ0n) is 11.7. The fourth-order valence-electron chi connectivity index (χ4n) is 2.73. The number of aromatic hydroxyl groups is 2. The zero-order valence-corrected chi connectivity index (χ0v) is 12.6. The first kappa shape index (κ1) is 13.7. The van der Waals surface area contributed by atoms with E-state index in [1.165, 1.54) is 36.7 Å². The summed E-state index contributed by atoms with van der Waals surface area (Å²) in [5, 5.41) is 20.1. The van der Waals surface area contributed by atoms with Gasteiger partial charge in [0.1, 0.15) is 11.5 Å². The van der Waals surface area contributed by atoms with Crippen LogP contribution in [-0.2, 0) is 9.84 Å². The van der Waals surface area contributed by atoms with E-state index < -0.39 is 9.84 Å². The number of aromatic amines is 2. The zero-order chi connectivity index (χ0) is 16.2. The van der Waals surface area contributed by atoms with Gasteiger partial charge in [0.05, 0.1) is 9.79 Å². The first-order valence-electron chi connectivity index (χ1n) is 6.82. The molecule has 2 heterocycles. The van der Waals surface area contributed by atoms with E-state index in [4.69, 9.17) is 0 Å². The summed E-state index contributed by atoms with van der Waals surface area (Å²) in [4.78, 5) is 5.94. The van der Waals surface area contributed by atoms with Gasteiger partial charge in [-0.25, -0.2) is 8.42 Å². The van der Waals surface area contributed by atoms with Crippen molar-refractivity contribution < 1.29 is 18.6 Å². The summed E-state index contributed by atoms with van der Waals surface area (Å²) in [5.41, 5.74) is 1.23. The molecule has 0 aliphatic carbocycles. The topological polar surface area (TPSA) is 106 Å². The van der Waals surface area contributed by atoms with E-state index in [1.54, 1.807) is 12.1 Å². The average molecular weight is 328 g/mol. The van der Waals surface area contributed by atoms with Crippen molar-refractivity contribution >= 4 is 31.6 Å². The maximum Gasteiger partial charge on any atom is 0.210 e. The maximum absolute atomic E-state index is 13.0. The first-order valence-corrected chi connectivity index (χ1v) is 8.30. The number of sulfone groups is 1. The van der Waals surface area contributed by atoms with Gasteiger partial charge < -0.3 is 20.2 Å². The van der Waals surface area contributed by atoms with Gasteiger partial charge in [-0.05, 0) is 36.4 Å². The minimum atomic E-state index is -3.82. The fraction of sp³-hybridized carbons (Fsp3) is 0. The number of hydrogen-bond acceptors (Lipinski definition) is 4. The molecule has 2 aromatic heterocycles. The van der Waals surface area contributed by atoms with Crippen molar-refractivity contribution in [3.63, 3.8) is 0 Å². The Morgan fingerprint density at radius 1 is 0.739 bits per heavy atom. The smallest absolute Gasteiger partial charge is 0.210 e. The second-order valence-electron chi connectivity index (χ2n) is 5.27. The summed E-state index contributed by atoms with van der Waals surface area (Å²) < 4.78 is 26.0. The Bertz CT molecular complexity index is 1070.